The van der Waals surface area contributed by atoms with Crippen LogP contribution in [0.1, 0.15) is 49.5 Å². The molecule has 21 heavy (non-hydrogen) atoms. The van der Waals surface area contributed by atoms with Crippen LogP contribution in [0.5, 0.6) is 0 Å². The molecule has 0 spiro atoms. The number of rotatable bonds is 3. The summed E-state index contributed by atoms with van der Waals surface area (Å²) < 4.78 is 36.5. The summed E-state index contributed by atoms with van der Waals surface area (Å²) >= 11 is 0. The molecule has 3 atom stereocenters. The number of fused-ring (bicyclic) bond motifs is 1. The van der Waals surface area contributed by atoms with Gasteiger partial charge in [0.2, 0.25) is 21.8 Å². The van der Waals surface area contributed by atoms with Gasteiger partial charge in [-0.3, -0.25) is 0 Å². The van der Waals surface area contributed by atoms with Gasteiger partial charge in [-0.1, -0.05) is 0 Å². The molecule has 1 aromatic heterocycles. The van der Waals surface area contributed by atoms with E-state index < -0.39 is 10.0 Å². The third-order valence-electron chi connectivity index (χ3n) is 4.64. The first kappa shape index (κ1) is 13.7. The Balaban J connectivity index is 1.46. The SMILES string of the molecule is CS(=O)(=O)N1CC[C@@H]2C[C@H](c3nnc(C4CC4)o3)O[C@H]2C1. The molecule has 3 heterocycles. The first-order chi connectivity index (χ1) is 10.0. The first-order valence-electron chi connectivity index (χ1n) is 7.44. The molecule has 3 aliphatic rings. The van der Waals surface area contributed by atoms with E-state index in [1.54, 1.807) is 0 Å². The summed E-state index contributed by atoms with van der Waals surface area (Å²) in [6.07, 6.45) is 4.93. The lowest BCUT2D eigenvalue weighted by molar-refractivity contribution is -0.000283. The number of ether oxygens (including phenoxy) is 1. The van der Waals surface area contributed by atoms with Gasteiger partial charge in [-0.2, -0.15) is 4.31 Å². The summed E-state index contributed by atoms with van der Waals surface area (Å²) in [7, 11) is -3.14. The van der Waals surface area contributed by atoms with Gasteiger partial charge in [0.25, 0.3) is 0 Å². The Hall–Kier alpha value is -0.990. The van der Waals surface area contributed by atoms with Crippen molar-refractivity contribution in [1.29, 1.82) is 0 Å². The van der Waals surface area contributed by atoms with Crippen LogP contribution in [-0.4, -0.2) is 48.4 Å². The van der Waals surface area contributed by atoms with Gasteiger partial charge in [0, 0.05) is 19.0 Å². The summed E-state index contributed by atoms with van der Waals surface area (Å²) in [5.74, 6) is 2.10. The van der Waals surface area contributed by atoms with E-state index in [0.717, 1.165) is 31.6 Å². The van der Waals surface area contributed by atoms with E-state index in [4.69, 9.17) is 9.15 Å². The van der Waals surface area contributed by atoms with Gasteiger partial charge >= 0.3 is 0 Å². The monoisotopic (exact) mass is 313 g/mol. The molecule has 8 heteroatoms. The van der Waals surface area contributed by atoms with Crippen LogP contribution in [0.4, 0.5) is 0 Å². The quantitative estimate of drug-likeness (QED) is 0.829. The number of sulfonamides is 1. The Morgan fingerprint density at radius 1 is 1.19 bits per heavy atom. The number of hydrogen-bond acceptors (Lipinski definition) is 6. The second kappa shape index (κ2) is 4.76. The van der Waals surface area contributed by atoms with E-state index in [-0.39, 0.29) is 12.2 Å². The minimum atomic E-state index is -3.14. The van der Waals surface area contributed by atoms with Gasteiger partial charge in [-0.15, -0.1) is 10.2 Å². The molecule has 0 bridgehead atoms. The Morgan fingerprint density at radius 3 is 2.67 bits per heavy atom. The molecule has 116 valence electrons. The van der Waals surface area contributed by atoms with E-state index in [1.807, 2.05) is 0 Å². The van der Waals surface area contributed by atoms with Gasteiger partial charge in [0.1, 0.15) is 6.10 Å². The number of hydrogen-bond donors (Lipinski definition) is 0. The van der Waals surface area contributed by atoms with Gasteiger partial charge in [-0.25, -0.2) is 8.42 Å². The molecule has 0 radical (unpaired) electrons. The van der Waals surface area contributed by atoms with Gasteiger partial charge < -0.3 is 9.15 Å². The van der Waals surface area contributed by atoms with Crippen molar-refractivity contribution in [3.05, 3.63) is 11.8 Å². The predicted octanol–water partition coefficient (Wildman–Crippen LogP) is 1.06. The number of piperidine rings is 1. The fourth-order valence-corrected chi connectivity index (χ4v) is 4.09. The zero-order valence-electron chi connectivity index (χ0n) is 11.9. The van der Waals surface area contributed by atoms with Crippen LogP contribution in [0.25, 0.3) is 0 Å². The molecule has 0 amide bonds. The second-order valence-corrected chi connectivity index (χ2v) is 8.30. The zero-order valence-corrected chi connectivity index (χ0v) is 12.8. The van der Waals surface area contributed by atoms with Crippen LogP contribution >= 0.6 is 0 Å². The number of nitrogens with zero attached hydrogens (tertiary/aromatic N) is 3. The Morgan fingerprint density at radius 2 is 1.95 bits per heavy atom. The fraction of sp³-hybridized carbons (Fsp3) is 0.846. The van der Waals surface area contributed by atoms with Crippen LogP contribution < -0.4 is 0 Å². The van der Waals surface area contributed by atoms with Crippen molar-refractivity contribution in [2.45, 2.75) is 43.8 Å². The first-order valence-corrected chi connectivity index (χ1v) is 9.29. The molecule has 4 rings (SSSR count). The van der Waals surface area contributed by atoms with Crippen molar-refractivity contribution in [1.82, 2.24) is 14.5 Å². The molecular formula is C13H19N3O4S. The van der Waals surface area contributed by atoms with E-state index in [1.165, 1.54) is 10.6 Å². The average molecular weight is 313 g/mol. The highest BCUT2D eigenvalue weighted by Gasteiger charge is 2.43. The van der Waals surface area contributed by atoms with Crippen molar-refractivity contribution in [3.8, 4) is 0 Å². The van der Waals surface area contributed by atoms with Gasteiger partial charge in [-0.05, 0) is 31.6 Å². The predicted molar refractivity (Wildman–Crippen MR) is 73.0 cm³/mol. The molecule has 2 aliphatic heterocycles. The van der Waals surface area contributed by atoms with E-state index >= 15 is 0 Å². The lowest BCUT2D eigenvalue weighted by Gasteiger charge is -2.32. The smallest absolute Gasteiger partial charge is 0.245 e. The molecule has 1 aliphatic carbocycles. The second-order valence-electron chi connectivity index (χ2n) is 6.32. The fourth-order valence-electron chi connectivity index (χ4n) is 3.23. The molecule has 0 unspecified atom stereocenters. The molecule has 1 aromatic rings. The zero-order chi connectivity index (χ0) is 14.6. The van der Waals surface area contributed by atoms with Crippen molar-refractivity contribution < 1.29 is 17.6 Å². The molecule has 3 fully saturated rings. The largest absolute Gasteiger partial charge is 0.422 e. The van der Waals surface area contributed by atoms with E-state index in [2.05, 4.69) is 10.2 Å². The van der Waals surface area contributed by atoms with Crippen LogP contribution in [0, 0.1) is 5.92 Å². The molecule has 2 saturated heterocycles. The molecule has 1 saturated carbocycles. The van der Waals surface area contributed by atoms with Crippen LogP contribution in [0.3, 0.4) is 0 Å². The maximum absolute atomic E-state index is 11.6. The molecule has 0 aromatic carbocycles. The topological polar surface area (TPSA) is 85.5 Å². The summed E-state index contributed by atoms with van der Waals surface area (Å²) in [6, 6.07) is 0. The summed E-state index contributed by atoms with van der Waals surface area (Å²) in [5, 5.41) is 8.20. The highest BCUT2D eigenvalue weighted by molar-refractivity contribution is 7.88. The number of aromatic nitrogens is 2. The van der Waals surface area contributed by atoms with Crippen LogP contribution in [-0.2, 0) is 14.8 Å². The third-order valence-corrected chi connectivity index (χ3v) is 5.91. The lowest BCUT2D eigenvalue weighted by Crippen LogP contribution is -2.44. The minimum absolute atomic E-state index is 0.0604. The maximum Gasteiger partial charge on any atom is 0.245 e. The van der Waals surface area contributed by atoms with E-state index in [9.17, 15) is 8.42 Å². The molecule has 0 N–H and O–H groups in total. The maximum atomic E-state index is 11.6. The van der Waals surface area contributed by atoms with Gasteiger partial charge in [0.15, 0.2) is 0 Å². The summed E-state index contributed by atoms with van der Waals surface area (Å²) in [4.78, 5) is 0. The normalized spacial score (nSPS) is 34.0. The summed E-state index contributed by atoms with van der Waals surface area (Å²) in [5.41, 5.74) is 0. The van der Waals surface area contributed by atoms with Crippen LogP contribution in [0.15, 0.2) is 4.42 Å². The van der Waals surface area contributed by atoms with Crippen molar-refractivity contribution in [2.75, 3.05) is 19.3 Å². The van der Waals surface area contributed by atoms with E-state index in [0.29, 0.717) is 30.8 Å². The van der Waals surface area contributed by atoms with Crippen molar-refractivity contribution in [3.63, 3.8) is 0 Å². The Kier molecular flexibility index (Phi) is 3.09. The minimum Gasteiger partial charge on any atom is -0.422 e. The van der Waals surface area contributed by atoms with Crippen LogP contribution in [0.2, 0.25) is 0 Å². The Labute approximate surface area is 123 Å². The highest BCUT2D eigenvalue weighted by Crippen LogP contribution is 2.43. The van der Waals surface area contributed by atoms with Crippen molar-refractivity contribution >= 4 is 10.0 Å². The molecular weight excluding hydrogens is 294 g/mol. The lowest BCUT2D eigenvalue weighted by atomic mass is 9.93. The van der Waals surface area contributed by atoms with Crippen molar-refractivity contribution in [2.24, 2.45) is 5.92 Å². The average Bonchev–Trinajstić information content (AvgIpc) is 3.02. The standard InChI is InChI=1S/C13H19N3O4S/c1-21(17,18)16-5-4-9-6-10(19-11(9)7-16)13-15-14-12(20-13)8-2-3-8/h8-11H,2-7H2,1H3/t9-,10-,11+/m1/s1. The molecule has 7 nitrogen and oxygen atoms in total. The summed E-state index contributed by atoms with van der Waals surface area (Å²) in [6.45, 7) is 1.01. The highest BCUT2D eigenvalue weighted by atomic mass is 32.2. The Bertz CT molecular complexity index is 640. The third kappa shape index (κ3) is 2.60. The van der Waals surface area contributed by atoms with Gasteiger partial charge in [0.05, 0.1) is 12.4 Å².